The highest BCUT2D eigenvalue weighted by Gasteiger charge is 2.10. The van der Waals surface area contributed by atoms with Crippen LogP contribution in [-0.2, 0) is 19.4 Å². The SMILES string of the molecule is ClCCc1nc2cccnc2n1CCc1cccnc1. The fraction of sp³-hybridized carbons (Fsp3) is 0.267. The van der Waals surface area contributed by atoms with Crippen molar-refractivity contribution in [1.82, 2.24) is 19.5 Å². The summed E-state index contributed by atoms with van der Waals surface area (Å²) in [6.07, 6.45) is 7.15. The highest BCUT2D eigenvalue weighted by atomic mass is 35.5. The molecule has 3 aromatic rings. The van der Waals surface area contributed by atoms with E-state index in [-0.39, 0.29) is 0 Å². The molecule has 0 aliphatic carbocycles. The Bertz CT molecular complexity index is 693. The predicted octanol–water partition coefficient (Wildman–Crippen LogP) is 2.85. The number of pyridine rings is 2. The van der Waals surface area contributed by atoms with Gasteiger partial charge >= 0.3 is 0 Å². The average molecular weight is 287 g/mol. The lowest BCUT2D eigenvalue weighted by atomic mass is 10.2. The molecular weight excluding hydrogens is 272 g/mol. The van der Waals surface area contributed by atoms with Gasteiger partial charge in [-0.2, -0.15) is 0 Å². The van der Waals surface area contributed by atoms with Crippen LogP contribution in [0.2, 0.25) is 0 Å². The van der Waals surface area contributed by atoms with Gasteiger partial charge in [0.1, 0.15) is 11.3 Å². The van der Waals surface area contributed by atoms with E-state index in [4.69, 9.17) is 11.6 Å². The number of hydrogen-bond acceptors (Lipinski definition) is 3. The number of nitrogens with zero attached hydrogens (tertiary/aromatic N) is 4. The second-order valence-corrected chi connectivity index (χ2v) is 4.95. The first-order valence-electron chi connectivity index (χ1n) is 6.63. The van der Waals surface area contributed by atoms with Gasteiger partial charge in [-0.3, -0.25) is 4.98 Å². The number of aryl methyl sites for hydroxylation is 3. The molecule has 0 radical (unpaired) electrons. The van der Waals surface area contributed by atoms with Crippen molar-refractivity contribution in [3.05, 3.63) is 54.2 Å². The van der Waals surface area contributed by atoms with Crippen LogP contribution in [0.3, 0.4) is 0 Å². The van der Waals surface area contributed by atoms with Gasteiger partial charge in [0.2, 0.25) is 0 Å². The first-order valence-corrected chi connectivity index (χ1v) is 7.17. The molecule has 0 fully saturated rings. The van der Waals surface area contributed by atoms with Crippen LogP contribution in [0.15, 0.2) is 42.9 Å². The zero-order chi connectivity index (χ0) is 13.8. The summed E-state index contributed by atoms with van der Waals surface area (Å²) in [5, 5.41) is 0. The Morgan fingerprint density at radius 3 is 2.80 bits per heavy atom. The molecule has 0 aliphatic rings. The smallest absolute Gasteiger partial charge is 0.159 e. The second kappa shape index (κ2) is 6.01. The Kier molecular flexibility index (Phi) is 3.92. The molecule has 4 nitrogen and oxygen atoms in total. The van der Waals surface area contributed by atoms with Crippen LogP contribution in [0.4, 0.5) is 0 Å². The molecule has 5 heteroatoms. The van der Waals surface area contributed by atoms with Gasteiger partial charge in [0, 0.05) is 37.4 Å². The third-order valence-corrected chi connectivity index (χ3v) is 3.44. The van der Waals surface area contributed by atoms with Crippen LogP contribution < -0.4 is 0 Å². The normalized spacial score (nSPS) is 11.1. The maximum absolute atomic E-state index is 5.87. The van der Waals surface area contributed by atoms with Crippen molar-refractivity contribution < 1.29 is 0 Å². The highest BCUT2D eigenvalue weighted by molar-refractivity contribution is 6.17. The maximum Gasteiger partial charge on any atom is 0.159 e. The fourth-order valence-corrected chi connectivity index (χ4v) is 2.47. The number of fused-ring (bicyclic) bond motifs is 1. The molecule has 3 heterocycles. The summed E-state index contributed by atoms with van der Waals surface area (Å²) >= 11 is 5.87. The zero-order valence-electron chi connectivity index (χ0n) is 11.0. The number of hydrogen-bond donors (Lipinski definition) is 0. The quantitative estimate of drug-likeness (QED) is 0.678. The van der Waals surface area contributed by atoms with Crippen molar-refractivity contribution in [2.45, 2.75) is 19.4 Å². The van der Waals surface area contributed by atoms with E-state index in [2.05, 4.69) is 25.6 Å². The van der Waals surface area contributed by atoms with Crippen LogP contribution >= 0.6 is 11.6 Å². The van der Waals surface area contributed by atoms with Crippen molar-refractivity contribution >= 4 is 22.8 Å². The van der Waals surface area contributed by atoms with E-state index in [0.29, 0.717) is 5.88 Å². The Labute approximate surface area is 122 Å². The fourth-order valence-electron chi connectivity index (χ4n) is 2.30. The lowest BCUT2D eigenvalue weighted by Crippen LogP contribution is -2.07. The van der Waals surface area contributed by atoms with Gasteiger partial charge in [-0.1, -0.05) is 6.07 Å². The van der Waals surface area contributed by atoms with Crippen LogP contribution in [0.1, 0.15) is 11.4 Å². The van der Waals surface area contributed by atoms with Crippen LogP contribution in [0.25, 0.3) is 11.2 Å². The Balaban J connectivity index is 1.90. The zero-order valence-corrected chi connectivity index (χ0v) is 11.8. The number of halogens is 1. The maximum atomic E-state index is 5.87. The van der Waals surface area contributed by atoms with Gasteiger partial charge in [-0.05, 0) is 30.2 Å². The Hall–Kier alpha value is -1.94. The third kappa shape index (κ3) is 2.65. The summed E-state index contributed by atoms with van der Waals surface area (Å²) in [6, 6.07) is 7.94. The van der Waals surface area contributed by atoms with E-state index < -0.39 is 0 Å². The number of rotatable bonds is 5. The molecule has 0 saturated heterocycles. The van der Waals surface area contributed by atoms with Gasteiger partial charge in [0.15, 0.2) is 5.65 Å². The summed E-state index contributed by atoms with van der Waals surface area (Å²) in [7, 11) is 0. The second-order valence-electron chi connectivity index (χ2n) is 4.58. The molecule has 0 spiro atoms. The number of imidazole rings is 1. The summed E-state index contributed by atoms with van der Waals surface area (Å²) in [5.41, 5.74) is 3.07. The van der Waals surface area contributed by atoms with Crippen molar-refractivity contribution in [2.75, 3.05) is 5.88 Å². The minimum Gasteiger partial charge on any atom is -0.312 e. The number of aromatic nitrogens is 4. The van der Waals surface area contributed by atoms with E-state index >= 15 is 0 Å². The van der Waals surface area contributed by atoms with E-state index in [9.17, 15) is 0 Å². The molecule has 0 unspecified atom stereocenters. The molecule has 20 heavy (non-hydrogen) atoms. The van der Waals surface area contributed by atoms with Gasteiger partial charge in [-0.15, -0.1) is 11.6 Å². The van der Waals surface area contributed by atoms with Crippen LogP contribution in [-0.4, -0.2) is 25.4 Å². The van der Waals surface area contributed by atoms with E-state index in [1.54, 1.807) is 12.4 Å². The monoisotopic (exact) mass is 286 g/mol. The molecule has 0 N–H and O–H groups in total. The van der Waals surface area contributed by atoms with Crippen molar-refractivity contribution in [1.29, 1.82) is 0 Å². The first-order chi connectivity index (χ1) is 9.88. The molecule has 3 aromatic heterocycles. The van der Waals surface area contributed by atoms with Gasteiger partial charge < -0.3 is 4.57 Å². The molecule has 102 valence electrons. The summed E-state index contributed by atoms with van der Waals surface area (Å²) in [6.45, 7) is 0.839. The Morgan fingerprint density at radius 2 is 2.00 bits per heavy atom. The average Bonchev–Trinajstić information content (AvgIpc) is 2.84. The highest BCUT2D eigenvalue weighted by Crippen LogP contribution is 2.15. The van der Waals surface area contributed by atoms with E-state index in [1.807, 2.05) is 24.4 Å². The molecule has 0 saturated carbocycles. The predicted molar refractivity (Wildman–Crippen MR) is 79.9 cm³/mol. The minimum absolute atomic E-state index is 0.566. The van der Waals surface area contributed by atoms with Crippen molar-refractivity contribution in [2.24, 2.45) is 0 Å². The van der Waals surface area contributed by atoms with Crippen LogP contribution in [0.5, 0.6) is 0 Å². The van der Waals surface area contributed by atoms with Crippen molar-refractivity contribution in [3.63, 3.8) is 0 Å². The molecular formula is C15H15ClN4. The molecule has 0 amide bonds. The minimum atomic E-state index is 0.566. The lowest BCUT2D eigenvalue weighted by molar-refractivity contribution is 0.668. The van der Waals surface area contributed by atoms with E-state index in [0.717, 1.165) is 36.4 Å². The largest absolute Gasteiger partial charge is 0.312 e. The van der Waals surface area contributed by atoms with Gasteiger partial charge in [0.05, 0.1) is 0 Å². The molecule has 3 rings (SSSR count). The summed E-state index contributed by atoms with van der Waals surface area (Å²) < 4.78 is 2.16. The molecule has 0 bridgehead atoms. The van der Waals surface area contributed by atoms with Crippen molar-refractivity contribution in [3.8, 4) is 0 Å². The third-order valence-electron chi connectivity index (χ3n) is 3.25. The van der Waals surface area contributed by atoms with Gasteiger partial charge in [0.25, 0.3) is 0 Å². The van der Waals surface area contributed by atoms with Crippen LogP contribution in [0, 0.1) is 0 Å². The molecule has 0 aromatic carbocycles. The topological polar surface area (TPSA) is 43.6 Å². The van der Waals surface area contributed by atoms with E-state index in [1.165, 1.54) is 5.56 Å². The van der Waals surface area contributed by atoms with Gasteiger partial charge in [-0.25, -0.2) is 9.97 Å². The molecule has 0 aliphatic heterocycles. The Morgan fingerprint density at radius 1 is 1.10 bits per heavy atom. The standard InChI is InChI=1S/C15H15ClN4/c16-7-5-14-19-13-4-2-9-18-15(13)20(14)10-6-12-3-1-8-17-11-12/h1-4,8-9,11H,5-7,10H2. The summed E-state index contributed by atoms with van der Waals surface area (Å²) in [5.74, 6) is 1.56. The molecule has 0 atom stereocenters. The number of alkyl halides is 1. The summed E-state index contributed by atoms with van der Waals surface area (Å²) in [4.78, 5) is 13.2. The first kappa shape index (κ1) is 13.1. The lowest BCUT2D eigenvalue weighted by Gasteiger charge is -2.07.